The Bertz CT molecular complexity index is 501. The molecule has 3 nitrogen and oxygen atoms in total. The van der Waals surface area contributed by atoms with Crippen LogP contribution in [0.3, 0.4) is 0 Å². The molecular formula is C15H20Cl2N2O. The van der Waals surface area contributed by atoms with Crippen LogP contribution in [0, 0.1) is 5.41 Å². The summed E-state index contributed by atoms with van der Waals surface area (Å²) in [5.41, 5.74) is 1.56. The summed E-state index contributed by atoms with van der Waals surface area (Å²) in [6.07, 6.45) is 2.56. The molecule has 2 aliphatic rings. The van der Waals surface area contributed by atoms with Crippen LogP contribution in [0.2, 0.25) is 10.0 Å². The number of hydrogen-bond acceptors (Lipinski definition) is 3. The van der Waals surface area contributed by atoms with Gasteiger partial charge in [0.05, 0.1) is 12.1 Å². The fraction of sp³-hybridized carbons (Fsp3) is 0.600. The van der Waals surface area contributed by atoms with Gasteiger partial charge in [0.15, 0.2) is 0 Å². The van der Waals surface area contributed by atoms with E-state index in [0.717, 1.165) is 44.0 Å². The molecule has 2 aliphatic heterocycles. The van der Waals surface area contributed by atoms with E-state index in [0.29, 0.717) is 15.5 Å². The Balaban J connectivity index is 1.75. The lowest BCUT2D eigenvalue weighted by Crippen LogP contribution is -2.29. The second kappa shape index (κ2) is 5.72. The quantitative estimate of drug-likeness (QED) is 0.927. The topological polar surface area (TPSA) is 24.5 Å². The molecule has 1 atom stereocenters. The van der Waals surface area contributed by atoms with E-state index in [1.54, 1.807) is 13.2 Å². The first-order valence-corrected chi connectivity index (χ1v) is 7.82. The summed E-state index contributed by atoms with van der Waals surface area (Å²) in [4.78, 5) is 2.48. The number of methoxy groups -OCH3 is 1. The molecule has 2 fully saturated rings. The van der Waals surface area contributed by atoms with Crippen molar-refractivity contribution in [3.8, 4) is 5.75 Å². The highest BCUT2D eigenvalue weighted by atomic mass is 35.5. The molecule has 0 saturated carbocycles. The van der Waals surface area contributed by atoms with E-state index in [4.69, 9.17) is 27.9 Å². The van der Waals surface area contributed by atoms with Crippen molar-refractivity contribution in [1.82, 2.24) is 10.2 Å². The smallest absolute Gasteiger partial charge is 0.142 e. The number of ether oxygens (including phenoxy) is 1. The van der Waals surface area contributed by atoms with Gasteiger partial charge in [-0.3, -0.25) is 4.90 Å². The van der Waals surface area contributed by atoms with Gasteiger partial charge in [-0.05, 0) is 43.5 Å². The fourth-order valence-electron chi connectivity index (χ4n) is 3.51. The lowest BCUT2D eigenvalue weighted by molar-refractivity contribution is 0.265. The van der Waals surface area contributed by atoms with Crippen LogP contribution >= 0.6 is 23.2 Å². The average Bonchev–Trinajstić information content (AvgIpc) is 3.00. The lowest BCUT2D eigenvalue weighted by atomic mass is 9.86. The molecule has 5 heteroatoms. The Hall–Kier alpha value is -0.480. The van der Waals surface area contributed by atoms with Gasteiger partial charge in [0, 0.05) is 30.2 Å². The molecule has 0 amide bonds. The van der Waals surface area contributed by atoms with E-state index in [1.807, 2.05) is 6.07 Å². The maximum atomic E-state index is 6.20. The maximum absolute atomic E-state index is 6.20. The molecule has 1 aromatic rings. The van der Waals surface area contributed by atoms with Crippen LogP contribution < -0.4 is 10.1 Å². The number of rotatable bonds is 3. The van der Waals surface area contributed by atoms with Crippen molar-refractivity contribution < 1.29 is 4.74 Å². The van der Waals surface area contributed by atoms with Crippen LogP contribution in [0.1, 0.15) is 18.4 Å². The van der Waals surface area contributed by atoms with Crippen molar-refractivity contribution in [3.63, 3.8) is 0 Å². The van der Waals surface area contributed by atoms with Crippen molar-refractivity contribution in [2.75, 3.05) is 33.3 Å². The molecule has 0 bridgehead atoms. The fourth-order valence-corrected chi connectivity index (χ4v) is 4.12. The predicted molar refractivity (Wildman–Crippen MR) is 82.8 cm³/mol. The van der Waals surface area contributed by atoms with Crippen LogP contribution in [0.25, 0.3) is 0 Å². The number of nitrogens with zero attached hydrogens (tertiary/aromatic N) is 1. The summed E-state index contributed by atoms with van der Waals surface area (Å²) in [6, 6.07) is 3.70. The van der Waals surface area contributed by atoms with Crippen molar-refractivity contribution in [2.24, 2.45) is 5.41 Å². The molecule has 1 spiro atoms. The minimum atomic E-state index is 0.482. The zero-order valence-electron chi connectivity index (χ0n) is 11.7. The molecule has 110 valence electrons. The molecule has 1 unspecified atom stereocenters. The number of hydrogen-bond donors (Lipinski definition) is 1. The third-order valence-corrected chi connectivity index (χ3v) is 5.03. The van der Waals surface area contributed by atoms with Crippen LogP contribution in [-0.2, 0) is 6.54 Å². The Labute approximate surface area is 130 Å². The Morgan fingerprint density at radius 3 is 2.90 bits per heavy atom. The van der Waals surface area contributed by atoms with Crippen LogP contribution in [0.4, 0.5) is 0 Å². The number of benzene rings is 1. The van der Waals surface area contributed by atoms with Gasteiger partial charge in [0.25, 0.3) is 0 Å². The van der Waals surface area contributed by atoms with E-state index in [-0.39, 0.29) is 0 Å². The molecule has 0 aliphatic carbocycles. The summed E-state index contributed by atoms with van der Waals surface area (Å²) in [5.74, 6) is 0.751. The highest BCUT2D eigenvalue weighted by molar-refractivity contribution is 6.35. The van der Waals surface area contributed by atoms with Gasteiger partial charge in [-0.2, -0.15) is 0 Å². The van der Waals surface area contributed by atoms with Crippen molar-refractivity contribution in [2.45, 2.75) is 19.4 Å². The van der Waals surface area contributed by atoms with Gasteiger partial charge in [0.2, 0.25) is 0 Å². The van der Waals surface area contributed by atoms with Crippen molar-refractivity contribution >= 4 is 23.2 Å². The van der Waals surface area contributed by atoms with E-state index in [1.165, 1.54) is 12.8 Å². The lowest BCUT2D eigenvalue weighted by Gasteiger charge is -2.23. The van der Waals surface area contributed by atoms with Gasteiger partial charge >= 0.3 is 0 Å². The first-order valence-electron chi connectivity index (χ1n) is 7.07. The number of nitrogens with one attached hydrogen (secondary N) is 1. The highest BCUT2D eigenvalue weighted by Gasteiger charge is 2.40. The Morgan fingerprint density at radius 1 is 1.35 bits per heavy atom. The average molecular weight is 315 g/mol. The zero-order chi connectivity index (χ0) is 14.2. The maximum Gasteiger partial charge on any atom is 0.142 e. The van der Waals surface area contributed by atoms with Crippen LogP contribution in [0.5, 0.6) is 5.75 Å². The minimum Gasteiger partial charge on any atom is -0.495 e. The molecule has 0 radical (unpaired) electrons. The van der Waals surface area contributed by atoms with Crippen LogP contribution in [0.15, 0.2) is 12.1 Å². The second-order valence-corrected chi connectivity index (χ2v) is 6.81. The predicted octanol–water partition coefficient (Wildman–Crippen LogP) is 3.19. The molecule has 1 N–H and O–H groups in total. The molecule has 3 rings (SSSR count). The van der Waals surface area contributed by atoms with Gasteiger partial charge < -0.3 is 10.1 Å². The molecule has 1 aromatic carbocycles. The second-order valence-electron chi connectivity index (χ2n) is 5.97. The van der Waals surface area contributed by atoms with E-state index >= 15 is 0 Å². The van der Waals surface area contributed by atoms with E-state index < -0.39 is 0 Å². The summed E-state index contributed by atoms with van der Waals surface area (Å²) in [6.45, 7) is 5.44. The van der Waals surface area contributed by atoms with E-state index in [2.05, 4.69) is 10.2 Å². The van der Waals surface area contributed by atoms with Gasteiger partial charge in [-0.15, -0.1) is 0 Å². The zero-order valence-corrected chi connectivity index (χ0v) is 13.2. The highest BCUT2D eigenvalue weighted by Crippen LogP contribution is 2.38. The molecule has 20 heavy (non-hydrogen) atoms. The molecule has 2 heterocycles. The third-order valence-electron chi connectivity index (χ3n) is 4.53. The summed E-state index contributed by atoms with van der Waals surface area (Å²) in [5, 5.41) is 4.74. The summed E-state index contributed by atoms with van der Waals surface area (Å²) in [7, 11) is 1.66. The summed E-state index contributed by atoms with van der Waals surface area (Å²) < 4.78 is 5.43. The Kier molecular flexibility index (Phi) is 4.14. The monoisotopic (exact) mass is 314 g/mol. The third kappa shape index (κ3) is 2.77. The van der Waals surface area contributed by atoms with Crippen molar-refractivity contribution in [1.29, 1.82) is 0 Å². The normalized spacial score (nSPS) is 26.6. The summed E-state index contributed by atoms with van der Waals surface area (Å²) >= 11 is 12.3. The molecule has 2 saturated heterocycles. The van der Waals surface area contributed by atoms with Crippen molar-refractivity contribution in [3.05, 3.63) is 27.7 Å². The van der Waals surface area contributed by atoms with E-state index in [9.17, 15) is 0 Å². The SMILES string of the molecule is COc1c(Cl)cc(Cl)cc1CN1CCC2(CCNC2)C1. The largest absolute Gasteiger partial charge is 0.495 e. The van der Waals surface area contributed by atoms with Gasteiger partial charge in [-0.1, -0.05) is 23.2 Å². The Morgan fingerprint density at radius 2 is 2.20 bits per heavy atom. The number of halogens is 2. The van der Waals surface area contributed by atoms with Gasteiger partial charge in [-0.25, -0.2) is 0 Å². The number of likely N-dealkylation sites (tertiary alicyclic amines) is 1. The van der Waals surface area contributed by atoms with Gasteiger partial charge in [0.1, 0.15) is 5.75 Å². The first kappa shape index (κ1) is 14.5. The molecule has 0 aromatic heterocycles. The minimum absolute atomic E-state index is 0.482. The standard InChI is InChI=1S/C15H20Cl2N2O/c1-20-14-11(6-12(16)7-13(14)17)8-19-5-3-15(10-19)2-4-18-9-15/h6-7,18H,2-5,8-10H2,1H3. The first-order chi connectivity index (χ1) is 9.62. The van der Waals surface area contributed by atoms with Crippen LogP contribution in [-0.4, -0.2) is 38.2 Å². The molecular weight excluding hydrogens is 295 g/mol.